The van der Waals surface area contributed by atoms with Crippen LogP contribution in [-0.2, 0) is 22.4 Å². The first-order chi connectivity index (χ1) is 15.5. The fourth-order valence-corrected chi connectivity index (χ4v) is 4.42. The quantitative estimate of drug-likeness (QED) is 0.447. The molecule has 0 aromatic carbocycles. The highest BCUT2D eigenvalue weighted by atomic mass is 32.2. The lowest BCUT2D eigenvalue weighted by atomic mass is 9.72. The van der Waals surface area contributed by atoms with Crippen LogP contribution < -0.4 is 5.73 Å². The molecule has 4 aromatic heterocycles. The van der Waals surface area contributed by atoms with Crippen molar-refractivity contribution in [1.82, 2.24) is 29.5 Å². The fraction of sp³-hybridized carbons (Fsp3) is 0.227. The van der Waals surface area contributed by atoms with Gasteiger partial charge in [0.05, 0.1) is 34.7 Å². The summed E-state index contributed by atoms with van der Waals surface area (Å²) in [4.78, 5) is 21.5. The number of aromatic nitrogens is 6. The Kier molecular flexibility index (Phi) is 5.24. The minimum atomic E-state index is -2.16. The highest BCUT2D eigenvalue weighted by molar-refractivity contribution is 7.78. The second kappa shape index (κ2) is 8.21. The third kappa shape index (κ3) is 3.78. The number of hydrogen-bond donors (Lipinski definition) is 1. The van der Waals surface area contributed by atoms with Crippen molar-refractivity contribution >= 4 is 17.0 Å². The standard InChI is InChI=1S/C22H21N7O2S/c23-21-26-9-16(10-27-21)19-5-3-17(11-25-19)22(6-1-7-22)29-12-20(28-14-29)15-2-4-18(24-8-15)13-32(30)31/h2-5,8-12,14H,1,6-7,13H2,(H,30,31)(H2,23,26,27)/p-1. The molecular formula is C22H20N7O2S-. The van der Waals surface area contributed by atoms with Gasteiger partial charge in [-0.2, -0.15) is 0 Å². The molecule has 0 bridgehead atoms. The summed E-state index contributed by atoms with van der Waals surface area (Å²) in [5.74, 6) is 0.142. The van der Waals surface area contributed by atoms with Gasteiger partial charge in [0.2, 0.25) is 5.95 Å². The number of pyridine rings is 2. The Morgan fingerprint density at radius 2 is 1.72 bits per heavy atom. The predicted octanol–water partition coefficient (Wildman–Crippen LogP) is 2.69. The van der Waals surface area contributed by atoms with Crippen LogP contribution in [0, 0.1) is 0 Å². The summed E-state index contributed by atoms with van der Waals surface area (Å²) < 4.78 is 23.9. The molecule has 0 amide bonds. The molecule has 0 saturated heterocycles. The molecular weight excluding hydrogens is 426 g/mol. The molecule has 32 heavy (non-hydrogen) atoms. The Hall–Kier alpha value is -3.50. The zero-order chi connectivity index (χ0) is 22.1. The first-order valence-electron chi connectivity index (χ1n) is 10.1. The maximum absolute atomic E-state index is 10.9. The van der Waals surface area contributed by atoms with Gasteiger partial charge < -0.3 is 14.9 Å². The number of nitrogens with two attached hydrogens (primary N) is 1. The van der Waals surface area contributed by atoms with E-state index < -0.39 is 11.1 Å². The lowest BCUT2D eigenvalue weighted by Gasteiger charge is -2.43. The molecule has 2 N–H and O–H groups in total. The lowest BCUT2D eigenvalue weighted by Crippen LogP contribution is -2.41. The number of nitrogens with zero attached hydrogens (tertiary/aromatic N) is 6. The Morgan fingerprint density at radius 1 is 0.938 bits per heavy atom. The van der Waals surface area contributed by atoms with E-state index >= 15 is 0 Å². The number of anilines is 1. The number of imidazole rings is 1. The Bertz CT molecular complexity index is 1250. The Balaban J connectivity index is 1.40. The van der Waals surface area contributed by atoms with Gasteiger partial charge in [-0.25, -0.2) is 15.0 Å². The second-order valence-electron chi connectivity index (χ2n) is 7.80. The van der Waals surface area contributed by atoms with E-state index in [9.17, 15) is 8.76 Å². The number of nitrogen functional groups attached to an aromatic ring is 1. The fourth-order valence-electron chi connectivity index (χ4n) is 4.01. The molecule has 1 unspecified atom stereocenters. The summed E-state index contributed by atoms with van der Waals surface area (Å²) in [6.45, 7) is 0. The van der Waals surface area contributed by atoms with Crippen LogP contribution in [0.3, 0.4) is 0 Å². The monoisotopic (exact) mass is 446 g/mol. The predicted molar refractivity (Wildman–Crippen MR) is 119 cm³/mol. The van der Waals surface area contributed by atoms with E-state index in [0.29, 0.717) is 5.69 Å². The van der Waals surface area contributed by atoms with Gasteiger partial charge in [-0.3, -0.25) is 14.2 Å². The van der Waals surface area contributed by atoms with E-state index in [-0.39, 0.29) is 17.2 Å². The third-order valence-corrected chi connectivity index (χ3v) is 6.44. The SMILES string of the molecule is Nc1ncc(-c2ccc(C3(n4cnc(-c5ccc(CS(=O)[O-])nc5)c4)CCC3)cn2)cn1. The molecule has 0 spiro atoms. The molecule has 162 valence electrons. The van der Waals surface area contributed by atoms with Crippen LogP contribution >= 0.6 is 0 Å². The molecule has 0 radical (unpaired) electrons. The van der Waals surface area contributed by atoms with E-state index in [1.165, 1.54) is 0 Å². The molecule has 1 fully saturated rings. The van der Waals surface area contributed by atoms with Crippen LogP contribution in [0.4, 0.5) is 5.95 Å². The summed E-state index contributed by atoms with van der Waals surface area (Å²) in [7, 11) is 0. The maximum Gasteiger partial charge on any atom is 0.219 e. The van der Waals surface area contributed by atoms with Crippen molar-refractivity contribution in [2.24, 2.45) is 0 Å². The topological polar surface area (TPSA) is 136 Å². The summed E-state index contributed by atoms with van der Waals surface area (Å²) in [6.07, 6.45) is 13.9. The molecule has 1 saturated carbocycles. The molecule has 9 nitrogen and oxygen atoms in total. The molecule has 1 aliphatic carbocycles. The summed E-state index contributed by atoms with van der Waals surface area (Å²) in [6, 6.07) is 7.63. The van der Waals surface area contributed by atoms with Crippen LogP contribution in [0.15, 0.2) is 61.6 Å². The molecule has 10 heteroatoms. The highest BCUT2D eigenvalue weighted by Crippen LogP contribution is 2.45. The maximum atomic E-state index is 10.9. The van der Waals surface area contributed by atoms with Crippen LogP contribution in [-0.4, -0.2) is 38.2 Å². The Labute approximate surface area is 187 Å². The van der Waals surface area contributed by atoms with Crippen molar-refractivity contribution in [2.45, 2.75) is 30.6 Å². The van der Waals surface area contributed by atoms with E-state index in [2.05, 4.69) is 35.6 Å². The molecule has 0 aliphatic heterocycles. The second-order valence-corrected chi connectivity index (χ2v) is 8.70. The van der Waals surface area contributed by atoms with Crippen molar-refractivity contribution < 1.29 is 8.76 Å². The van der Waals surface area contributed by atoms with Gasteiger partial charge in [0, 0.05) is 42.1 Å². The minimum Gasteiger partial charge on any atom is -0.772 e. The van der Waals surface area contributed by atoms with Gasteiger partial charge in [-0.05, 0) is 54.1 Å². The number of rotatable bonds is 6. The average Bonchev–Trinajstić information content (AvgIpc) is 3.24. The number of hydrogen-bond acceptors (Lipinski definition) is 8. The largest absolute Gasteiger partial charge is 0.772 e. The molecule has 5 rings (SSSR count). The molecule has 4 heterocycles. The Morgan fingerprint density at radius 3 is 2.31 bits per heavy atom. The van der Waals surface area contributed by atoms with Crippen LogP contribution in [0.2, 0.25) is 0 Å². The van der Waals surface area contributed by atoms with Crippen LogP contribution in [0.1, 0.15) is 30.5 Å². The zero-order valence-corrected chi connectivity index (χ0v) is 17.9. The van der Waals surface area contributed by atoms with Gasteiger partial charge in [0.25, 0.3) is 0 Å². The van der Waals surface area contributed by atoms with E-state index in [0.717, 1.165) is 47.3 Å². The van der Waals surface area contributed by atoms with Crippen molar-refractivity contribution in [3.8, 4) is 22.5 Å². The molecule has 1 atom stereocenters. The van der Waals surface area contributed by atoms with Crippen molar-refractivity contribution in [1.29, 1.82) is 0 Å². The summed E-state index contributed by atoms with van der Waals surface area (Å²) >= 11 is -2.16. The van der Waals surface area contributed by atoms with Crippen LogP contribution in [0.25, 0.3) is 22.5 Å². The van der Waals surface area contributed by atoms with Gasteiger partial charge in [-0.1, -0.05) is 6.07 Å². The van der Waals surface area contributed by atoms with Crippen molar-refractivity contribution in [2.75, 3.05) is 5.73 Å². The van der Waals surface area contributed by atoms with E-state index in [1.54, 1.807) is 24.7 Å². The highest BCUT2D eigenvalue weighted by Gasteiger charge is 2.40. The molecule has 1 aliphatic rings. The summed E-state index contributed by atoms with van der Waals surface area (Å²) in [5, 5.41) is 0. The smallest absolute Gasteiger partial charge is 0.219 e. The van der Waals surface area contributed by atoms with Gasteiger partial charge in [-0.15, -0.1) is 0 Å². The first-order valence-corrected chi connectivity index (χ1v) is 11.4. The normalized spacial score (nSPS) is 15.8. The van der Waals surface area contributed by atoms with Gasteiger partial charge >= 0.3 is 0 Å². The first kappa shape index (κ1) is 20.4. The van der Waals surface area contributed by atoms with Gasteiger partial charge in [0.1, 0.15) is 0 Å². The van der Waals surface area contributed by atoms with Crippen molar-refractivity contribution in [3.05, 3.63) is 72.8 Å². The van der Waals surface area contributed by atoms with E-state index in [1.807, 2.05) is 30.9 Å². The van der Waals surface area contributed by atoms with Crippen LogP contribution in [0.5, 0.6) is 0 Å². The average molecular weight is 447 g/mol. The van der Waals surface area contributed by atoms with E-state index in [4.69, 9.17) is 5.73 Å². The molecule has 4 aromatic rings. The lowest BCUT2D eigenvalue weighted by molar-refractivity contribution is 0.196. The summed E-state index contributed by atoms with van der Waals surface area (Å²) in [5.41, 5.74) is 10.3. The van der Waals surface area contributed by atoms with Crippen molar-refractivity contribution in [3.63, 3.8) is 0 Å². The minimum absolute atomic E-state index is 0.0939. The third-order valence-electron chi connectivity index (χ3n) is 5.91. The van der Waals surface area contributed by atoms with Gasteiger partial charge in [0.15, 0.2) is 0 Å². The zero-order valence-electron chi connectivity index (χ0n) is 17.1.